The first-order valence-corrected chi connectivity index (χ1v) is 12.7. The number of nitrogens with zero attached hydrogens (tertiary/aromatic N) is 4. The summed E-state index contributed by atoms with van der Waals surface area (Å²) in [6.07, 6.45) is -0.547. The smallest absolute Gasteiger partial charge is 0.404 e. The SMILES string of the molecule is COc1cc(-c2cc(C(=O)N3C4CCC3CC(C(=O)N[C@H]3CC[C@H](C(F)(F)F)N(C)C3)C4)n[nH]2)c(F)cn1. The summed E-state index contributed by atoms with van der Waals surface area (Å²) in [6.45, 7) is 0.144. The van der Waals surface area contributed by atoms with Crippen LogP contribution in [-0.2, 0) is 4.79 Å². The summed E-state index contributed by atoms with van der Waals surface area (Å²) in [5, 5.41) is 9.78. The molecule has 3 saturated heterocycles. The average molecular weight is 539 g/mol. The molecule has 2 aromatic rings. The van der Waals surface area contributed by atoms with Gasteiger partial charge < -0.3 is 15.0 Å². The fourth-order valence-corrected chi connectivity index (χ4v) is 6.16. The Morgan fingerprint density at radius 2 is 1.84 bits per heavy atom. The number of nitrogens with one attached hydrogen (secondary N) is 2. The lowest BCUT2D eigenvalue weighted by atomic mass is 9.89. The number of hydrogen-bond acceptors (Lipinski definition) is 6. The Labute approximate surface area is 216 Å². The van der Waals surface area contributed by atoms with E-state index in [9.17, 15) is 27.2 Å². The number of alkyl halides is 3. The zero-order valence-electron chi connectivity index (χ0n) is 21.1. The highest BCUT2D eigenvalue weighted by Gasteiger charge is 2.47. The number of amides is 2. The Morgan fingerprint density at radius 1 is 1.13 bits per heavy atom. The number of H-pyrrole nitrogens is 1. The van der Waals surface area contributed by atoms with E-state index in [2.05, 4.69) is 20.5 Å². The first-order chi connectivity index (χ1) is 18.0. The van der Waals surface area contributed by atoms with Gasteiger partial charge in [-0.25, -0.2) is 9.37 Å². The zero-order valence-corrected chi connectivity index (χ0v) is 21.1. The number of methoxy groups -OCH3 is 1. The number of ether oxygens (including phenoxy) is 1. The number of carbonyl (C=O) groups is 2. The van der Waals surface area contributed by atoms with Crippen molar-refractivity contribution < 1.29 is 31.9 Å². The van der Waals surface area contributed by atoms with Crippen molar-refractivity contribution in [3.05, 3.63) is 29.8 Å². The zero-order chi connectivity index (χ0) is 27.2. The van der Waals surface area contributed by atoms with E-state index in [1.807, 2.05) is 0 Å². The monoisotopic (exact) mass is 538 g/mol. The Morgan fingerprint density at radius 3 is 2.47 bits per heavy atom. The molecule has 5 rings (SSSR count). The summed E-state index contributed by atoms with van der Waals surface area (Å²) in [4.78, 5) is 33.2. The number of likely N-dealkylation sites (tertiary alicyclic amines) is 1. The fraction of sp³-hybridized carbons (Fsp3) is 0.600. The van der Waals surface area contributed by atoms with Crippen LogP contribution in [0.2, 0.25) is 0 Å². The second kappa shape index (κ2) is 10.2. The molecule has 0 spiro atoms. The molecule has 2 aromatic heterocycles. The van der Waals surface area contributed by atoms with Gasteiger partial charge in [0, 0.05) is 42.2 Å². The summed E-state index contributed by atoms with van der Waals surface area (Å²) in [6, 6.07) is 0.806. The number of piperidine rings is 2. The number of halogens is 4. The van der Waals surface area contributed by atoms with Gasteiger partial charge in [0.25, 0.3) is 5.91 Å². The predicted molar refractivity (Wildman–Crippen MR) is 128 cm³/mol. The number of carbonyl (C=O) groups excluding carboxylic acids is 2. The van der Waals surface area contributed by atoms with Crippen LogP contribution >= 0.6 is 0 Å². The van der Waals surface area contributed by atoms with Crippen LogP contribution in [0.25, 0.3) is 11.3 Å². The van der Waals surface area contributed by atoms with Gasteiger partial charge in [0.05, 0.1) is 19.0 Å². The van der Waals surface area contributed by atoms with Crippen molar-refractivity contribution >= 4 is 11.8 Å². The molecule has 13 heteroatoms. The normalized spacial score (nSPS) is 27.8. The van der Waals surface area contributed by atoms with E-state index >= 15 is 0 Å². The summed E-state index contributed by atoms with van der Waals surface area (Å²) >= 11 is 0. The summed E-state index contributed by atoms with van der Waals surface area (Å²) in [5.41, 5.74) is 0.648. The van der Waals surface area contributed by atoms with E-state index in [1.165, 1.54) is 31.2 Å². The molecule has 5 heterocycles. The molecule has 2 bridgehead atoms. The number of aromatic amines is 1. The quantitative estimate of drug-likeness (QED) is 0.567. The van der Waals surface area contributed by atoms with Crippen LogP contribution in [0.5, 0.6) is 5.88 Å². The molecule has 206 valence electrons. The van der Waals surface area contributed by atoms with Crippen LogP contribution in [0, 0.1) is 11.7 Å². The lowest BCUT2D eigenvalue weighted by Gasteiger charge is -2.40. The second-order valence-corrected chi connectivity index (χ2v) is 10.4. The van der Waals surface area contributed by atoms with Crippen LogP contribution in [0.1, 0.15) is 49.0 Å². The topological polar surface area (TPSA) is 103 Å². The van der Waals surface area contributed by atoms with Crippen LogP contribution in [0.3, 0.4) is 0 Å². The largest absolute Gasteiger partial charge is 0.481 e. The number of rotatable bonds is 5. The Bertz CT molecular complexity index is 1190. The van der Waals surface area contributed by atoms with E-state index in [4.69, 9.17) is 4.74 Å². The average Bonchev–Trinajstić information content (AvgIpc) is 3.45. The third-order valence-corrected chi connectivity index (χ3v) is 8.02. The molecule has 2 unspecified atom stereocenters. The Hall–Kier alpha value is -3.22. The van der Waals surface area contributed by atoms with E-state index in [-0.39, 0.29) is 72.4 Å². The third kappa shape index (κ3) is 5.07. The van der Waals surface area contributed by atoms with Crippen LogP contribution in [0.15, 0.2) is 18.3 Å². The highest BCUT2D eigenvalue weighted by atomic mass is 19.4. The van der Waals surface area contributed by atoms with Gasteiger partial charge in [-0.1, -0.05) is 0 Å². The molecule has 0 aliphatic carbocycles. The van der Waals surface area contributed by atoms with Crippen LogP contribution in [0.4, 0.5) is 17.6 Å². The van der Waals surface area contributed by atoms with E-state index < -0.39 is 18.0 Å². The van der Waals surface area contributed by atoms with E-state index in [0.29, 0.717) is 18.5 Å². The van der Waals surface area contributed by atoms with Crippen molar-refractivity contribution in [1.29, 1.82) is 0 Å². The van der Waals surface area contributed by atoms with Gasteiger partial charge in [-0.15, -0.1) is 0 Å². The van der Waals surface area contributed by atoms with Crippen LogP contribution in [-0.4, -0.2) is 87.8 Å². The van der Waals surface area contributed by atoms with Crippen molar-refractivity contribution in [3.63, 3.8) is 0 Å². The van der Waals surface area contributed by atoms with Crippen LogP contribution < -0.4 is 10.1 Å². The van der Waals surface area contributed by atoms with Crippen molar-refractivity contribution in [3.8, 4) is 17.1 Å². The maximum absolute atomic E-state index is 14.3. The minimum Gasteiger partial charge on any atom is -0.481 e. The molecule has 0 aromatic carbocycles. The maximum Gasteiger partial charge on any atom is 0.404 e. The fourth-order valence-electron chi connectivity index (χ4n) is 6.16. The summed E-state index contributed by atoms with van der Waals surface area (Å²) in [7, 11) is 2.85. The van der Waals surface area contributed by atoms with Crippen molar-refractivity contribution in [1.82, 2.24) is 30.3 Å². The minimum absolute atomic E-state index is 0.0506. The molecular formula is C25H30F4N6O3. The van der Waals surface area contributed by atoms with Crippen molar-refractivity contribution in [2.24, 2.45) is 5.92 Å². The van der Waals surface area contributed by atoms with Gasteiger partial charge in [-0.2, -0.15) is 18.3 Å². The summed E-state index contributed by atoms with van der Waals surface area (Å²) in [5.74, 6) is -1.12. The second-order valence-electron chi connectivity index (χ2n) is 10.4. The molecule has 9 nitrogen and oxygen atoms in total. The van der Waals surface area contributed by atoms with Gasteiger partial charge in [0.1, 0.15) is 6.04 Å². The standard InChI is InChI=1S/C25H30F4N6O3/c1-34-12-14(3-6-21(34)25(27,28)29)31-23(36)13-7-15-4-5-16(8-13)35(15)24(37)20-10-19(32-33-20)17-9-22(38-2)30-11-18(17)26/h9-11,13-16,21H,3-8,12H2,1-2H3,(H,31,36)(H,32,33)/t13?,14-,15?,16?,21+/m0/s1. The molecule has 0 radical (unpaired) electrons. The third-order valence-electron chi connectivity index (χ3n) is 8.02. The van der Waals surface area contributed by atoms with E-state index in [1.54, 1.807) is 4.90 Å². The number of hydrogen-bond donors (Lipinski definition) is 2. The lowest BCUT2D eigenvalue weighted by molar-refractivity contribution is -0.188. The number of aromatic nitrogens is 3. The van der Waals surface area contributed by atoms with Gasteiger partial charge in [-0.05, 0) is 51.6 Å². The molecule has 2 N–H and O–H groups in total. The number of pyridine rings is 1. The highest BCUT2D eigenvalue weighted by Crippen LogP contribution is 2.40. The number of fused-ring (bicyclic) bond motifs is 2. The predicted octanol–water partition coefficient (Wildman–Crippen LogP) is 3.14. The van der Waals surface area contributed by atoms with Gasteiger partial charge in [0.2, 0.25) is 11.8 Å². The molecule has 4 atom stereocenters. The van der Waals surface area contributed by atoms with Gasteiger partial charge in [0.15, 0.2) is 11.5 Å². The molecule has 0 saturated carbocycles. The molecular weight excluding hydrogens is 508 g/mol. The summed E-state index contributed by atoms with van der Waals surface area (Å²) < 4.78 is 58.8. The van der Waals surface area contributed by atoms with Gasteiger partial charge >= 0.3 is 6.18 Å². The van der Waals surface area contributed by atoms with Crippen molar-refractivity contribution in [2.45, 2.75) is 68.9 Å². The molecule has 38 heavy (non-hydrogen) atoms. The first kappa shape index (κ1) is 26.4. The molecule has 3 aliphatic rings. The lowest BCUT2D eigenvalue weighted by Crippen LogP contribution is -2.56. The molecule has 3 aliphatic heterocycles. The molecule has 2 amide bonds. The maximum atomic E-state index is 14.3. The Kier molecular flexibility index (Phi) is 7.05. The van der Waals surface area contributed by atoms with Crippen molar-refractivity contribution in [2.75, 3.05) is 20.7 Å². The number of likely N-dealkylation sites (N-methyl/N-ethyl adjacent to an activating group) is 1. The highest BCUT2D eigenvalue weighted by molar-refractivity contribution is 5.94. The molecule has 3 fully saturated rings. The Balaban J connectivity index is 1.21. The van der Waals surface area contributed by atoms with E-state index in [0.717, 1.165) is 19.0 Å². The van der Waals surface area contributed by atoms with Gasteiger partial charge in [-0.3, -0.25) is 19.6 Å². The minimum atomic E-state index is -4.28. The first-order valence-electron chi connectivity index (χ1n) is 12.7.